The summed E-state index contributed by atoms with van der Waals surface area (Å²) >= 11 is 0. The van der Waals surface area contributed by atoms with Crippen molar-refractivity contribution in [1.29, 1.82) is 0 Å². The Morgan fingerprint density at radius 1 is 0.971 bits per heavy atom. The highest BCUT2D eigenvalue weighted by Gasteiger charge is 2.59. The van der Waals surface area contributed by atoms with Gasteiger partial charge >= 0.3 is 0 Å². The monoisotopic (exact) mass is 485 g/mol. The average molecular weight is 486 g/mol. The molecule has 4 aliphatic rings. The van der Waals surface area contributed by atoms with Crippen molar-refractivity contribution in [3.05, 3.63) is 30.3 Å². The van der Waals surface area contributed by atoms with E-state index in [2.05, 4.69) is 20.8 Å². The van der Waals surface area contributed by atoms with E-state index >= 15 is 0 Å². The van der Waals surface area contributed by atoms with Crippen molar-refractivity contribution >= 4 is 10.0 Å². The zero-order valence-electron chi connectivity index (χ0n) is 22.0. The number of hydrogen-bond donors (Lipinski definition) is 0. The summed E-state index contributed by atoms with van der Waals surface area (Å²) in [5, 5.41) is 0. The van der Waals surface area contributed by atoms with Gasteiger partial charge in [0.05, 0.1) is 4.90 Å². The molecule has 1 unspecified atom stereocenters. The van der Waals surface area contributed by atoms with Gasteiger partial charge in [-0.1, -0.05) is 51.8 Å². The fraction of sp³-hybridized carbons (Fsp3) is 0.800. The fourth-order valence-electron chi connectivity index (χ4n) is 9.77. The summed E-state index contributed by atoms with van der Waals surface area (Å²) in [6.07, 6.45) is 15.1. The van der Waals surface area contributed by atoms with Gasteiger partial charge in [0.25, 0.3) is 0 Å². The van der Waals surface area contributed by atoms with Crippen LogP contribution in [0.1, 0.15) is 91.4 Å². The molecule has 0 spiro atoms. The maximum atomic E-state index is 13.3. The normalized spacial score (nSPS) is 42.5. The van der Waals surface area contributed by atoms with Crippen LogP contribution < -0.4 is 0 Å². The van der Waals surface area contributed by atoms with Crippen LogP contribution in [0, 0.1) is 46.3 Å². The molecular weight excluding hydrogens is 438 g/mol. The molecule has 4 fully saturated rings. The Hall–Kier alpha value is -0.870. The lowest BCUT2D eigenvalue weighted by molar-refractivity contribution is -0.153. The molecule has 1 aromatic carbocycles. The van der Waals surface area contributed by atoms with Crippen molar-refractivity contribution in [1.82, 2.24) is 4.31 Å². The molecule has 0 amide bonds. The van der Waals surface area contributed by atoms with Gasteiger partial charge in [0.2, 0.25) is 10.0 Å². The Kier molecular flexibility index (Phi) is 6.72. The Bertz CT molecular complexity index is 961. The number of benzene rings is 1. The van der Waals surface area contributed by atoms with Gasteiger partial charge in [-0.25, -0.2) is 12.7 Å². The minimum absolute atomic E-state index is 0.281. The van der Waals surface area contributed by atoms with E-state index in [9.17, 15) is 8.42 Å². The van der Waals surface area contributed by atoms with Crippen LogP contribution in [0.15, 0.2) is 35.2 Å². The molecule has 0 aromatic heterocycles. The van der Waals surface area contributed by atoms with E-state index < -0.39 is 10.0 Å². The van der Waals surface area contributed by atoms with Crippen LogP contribution in [0.25, 0.3) is 0 Å². The van der Waals surface area contributed by atoms with Gasteiger partial charge in [-0.05, 0) is 116 Å². The van der Waals surface area contributed by atoms with Gasteiger partial charge in [0, 0.05) is 13.6 Å². The summed E-state index contributed by atoms with van der Waals surface area (Å²) < 4.78 is 28.2. The molecule has 4 heteroatoms. The zero-order chi connectivity index (χ0) is 24.1. The molecule has 0 radical (unpaired) electrons. The first-order chi connectivity index (χ1) is 16.2. The molecule has 4 saturated carbocycles. The maximum absolute atomic E-state index is 13.3. The van der Waals surface area contributed by atoms with E-state index in [1.807, 2.05) is 18.2 Å². The second kappa shape index (κ2) is 9.21. The van der Waals surface area contributed by atoms with E-state index in [1.165, 1.54) is 70.6 Å². The summed E-state index contributed by atoms with van der Waals surface area (Å²) in [5.74, 6) is 4.89. The molecule has 1 aromatic rings. The van der Waals surface area contributed by atoms with Gasteiger partial charge in [-0.2, -0.15) is 0 Å². The molecule has 0 saturated heterocycles. The second-order valence-electron chi connectivity index (χ2n) is 12.9. The number of rotatable bonds is 5. The first kappa shape index (κ1) is 24.8. The van der Waals surface area contributed by atoms with Crippen LogP contribution in [0.4, 0.5) is 0 Å². The smallest absolute Gasteiger partial charge is 0.207 e. The Labute approximate surface area is 209 Å². The highest BCUT2D eigenvalue weighted by molar-refractivity contribution is 7.89. The molecule has 4 aliphatic carbocycles. The number of hydrogen-bond acceptors (Lipinski definition) is 2. The third-order valence-electron chi connectivity index (χ3n) is 11.7. The van der Waals surface area contributed by atoms with Crippen molar-refractivity contribution in [3.8, 4) is 0 Å². The molecule has 0 bridgehead atoms. The van der Waals surface area contributed by atoms with Crippen molar-refractivity contribution in [2.24, 2.45) is 46.3 Å². The van der Waals surface area contributed by atoms with Gasteiger partial charge in [-0.3, -0.25) is 0 Å². The van der Waals surface area contributed by atoms with E-state index in [0.29, 0.717) is 22.8 Å². The van der Waals surface area contributed by atoms with Crippen LogP contribution >= 0.6 is 0 Å². The summed E-state index contributed by atoms with van der Waals surface area (Å²) in [4.78, 5) is 0.424. The lowest BCUT2D eigenvalue weighted by atomic mass is 9.40. The standard InChI is InChI=1S/C30H47NO2S/c1-5-30-19-16-22(2)20-23(30)14-15-26-27-13-9-10-24(29(27,3)18-17-28(26)30)21-31(4)34(32,33)25-11-7-6-8-12-25/h6-8,11-12,22-24,26-28H,5,9-10,13-21H2,1-4H3/t22-,23+,24+,26-,27?,28-,29+,30-/m0/s1. The van der Waals surface area contributed by atoms with E-state index in [4.69, 9.17) is 0 Å². The zero-order valence-corrected chi connectivity index (χ0v) is 22.8. The predicted octanol–water partition coefficient (Wildman–Crippen LogP) is 7.38. The molecule has 8 atom stereocenters. The molecule has 0 heterocycles. The van der Waals surface area contributed by atoms with Crippen molar-refractivity contribution in [2.75, 3.05) is 13.6 Å². The molecular formula is C30H47NO2S. The Morgan fingerprint density at radius 2 is 1.74 bits per heavy atom. The molecule has 3 nitrogen and oxygen atoms in total. The molecule has 34 heavy (non-hydrogen) atoms. The van der Waals surface area contributed by atoms with Crippen molar-refractivity contribution in [2.45, 2.75) is 96.3 Å². The highest BCUT2D eigenvalue weighted by Crippen LogP contribution is 2.67. The predicted molar refractivity (Wildman–Crippen MR) is 140 cm³/mol. The van der Waals surface area contributed by atoms with Gasteiger partial charge in [0.1, 0.15) is 0 Å². The fourth-order valence-corrected chi connectivity index (χ4v) is 11.0. The summed E-state index contributed by atoms with van der Waals surface area (Å²) in [6.45, 7) is 8.19. The molecule has 5 rings (SSSR count). The summed E-state index contributed by atoms with van der Waals surface area (Å²) in [5.41, 5.74) is 0.876. The number of nitrogens with zero attached hydrogens (tertiary/aromatic N) is 1. The van der Waals surface area contributed by atoms with Crippen LogP contribution in [0.2, 0.25) is 0 Å². The van der Waals surface area contributed by atoms with Crippen LogP contribution in [0.5, 0.6) is 0 Å². The van der Waals surface area contributed by atoms with E-state index in [-0.39, 0.29) is 5.41 Å². The SMILES string of the molecule is CC[C@]12CC[C@H](C)C[C@H]1CC[C@H]1C3CCC[C@H](CN(C)S(=O)(=O)c4ccccc4)[C@@]3(C)CC[C@@H]12. The minimum atomic E-state index is -3.43. The van der Waals surface area contributed by atoms with Crippen molar-refractivity contribution < 1.29 is 8.42 Å². The number of sulfonamides is 1. The Balaban J connectivity index is 1.37. The van der Waals surface area contributed by atoms with E-state index in [0.717, 1.165) is 29.6 Å². The summed E-state index contributed by atoms with van der Waals surface area (Å²) in [7, 11) is -1.62. The second-order valence-corrected chi connectivity index (χ2v) is 14.9. The van der Waals surface area contributed by atoms with E-state index in [1.54, 1.807) is 23.5 Å². The van der Waals surface area contributed by atoms with Crippen LogP contribution in [0.3, 0.4) is 0 Å². The quantitative estimate of drug-likeness (QED) is 0.436. The van der Waals surface area contributed by atoms with Crippen LogP contribution in [-0.4, -0.2) is 26.3 Å². The lowest BCUT2D eigenvalue weighted by Crippen LogP contribution is -2.57. The molecule has 190 valence electrons. The third kappa shape index (κ3) is 3.90. The van der Waals surface area contributed by atoms with Gasteiger partial charge in [-0.15, -0.1) is 0 Å². The minimum Gasteiger partial charge on any atom is -0.207 e. The van der Waals surface area contributed by atoms with Crippen molar-refractivity contribution in [3.63, 3.8) is 0 Å². The summed E-state index contributed by atoms with van der Waals surface area (Å²) in [6, 6.07) is 9.00. The first-order valence-electron chi connectivity index (χ1n) is 14.2. The van der Waals surface area contributed by atoms with Gasteiger partial charge < -0.3 is 0 Å². The lowest BCUT2D eigenvalue weighted by Gasteiger charge is -2.65. The average Bonchev–Trinajstić information content (AvgIpc) is 2.84. The topological polar surface area (TPSA) is 37.4 Å². The Morgan fingerprint density at radius 3 is 2.47 bits per heavy atom. The molecule has 0 N–H and O–H groups in total. The third-order valence-corrected chi connectivity index (χ3v) is 13.5. The van der Waals surface area contributed by atoms with Gasteiger partial charge in [0.15, 0.2) is 0 Å². The molecule has 0 aliphatic heterocycles. The largest absolute Gasteiger partial charge is 0.242 e. The highest BCUT2D eigenvalue weighted by atomic mass is 32.2. The maximum Gasteiger partial charge on any atom is 0.242 e. The first-order valence-corrected chi connectivity index (χ1v) is 15.7. The number of fused-ring (bicyclic) bond motifs is 5. The van der Waals surface area contributed by atoms with Crippen LogP contribution in [-0.2, 0) is 10.0 Å².